The molecular weight excluding hydrogens is 194 g/mol. The van der Waals surface area contributed by atoms with Crippen molar-refractivity contribution < 1.29 is 30.2 Å². The molecular formula is C7H15NO6. The van der Waals surface area contributed by atoms with Crippen LogP contribution in [-0.2, 0) is 9.63 Å². The number of carbonyl (C=O) groups excluding carboxylic acids is 1. The summed E-state index contributed by atoms with van der Waals surface area (Å²) in [6, 6.07) is 0. The van der Waals surface area contributed by atoms with E-state index in [0.717, 1.165) is 0 Å². The predicted octanol–water partition coefficient (Wildman–Crippen LogP) is -2.04. The van der Waals surface area contributed by atoms with E-state index in [9.17, 15) is 15.0 Å². The van der Waals surface area contributed by atoms with Crippen molar-refractivity contribution in [3.63, 3.8) is 0 Å². The van der Waals surface area contributed by atoms with Crippen molar-refractivity contribution >= 4 is 5.78 Å². The van der Waals surface area contributed by atoms with Gasteiger partial charge in [0.05, 0.1) is 6.61 Å². The highest BCUT2D eigenvalue weighted by molar-refractivity contribution is 5.85. The summed E-state index contributed by atoms with van der Waals surface area (Å²) in [5.74, 6) is -0.843. The average Bonchev–Trinajstić information content (AvgIpc) is 2.23. The second kappa shape index (κ2) is 6.02. The minimum atomic E-state index is -1.87. The molecule has 0 radical (unpaired) electrons. The van der Waals surface area contributed by atoms with Gasteiger partial charge in [-0.1, -0.05) is 12.6 Å². The van der Waals surface area contributed by atoms with Crippen molar-refractivity contribution in [3.8, 4) is 0 Å². The molecule has 0 rings (SSSR count). The van der Waals surface area contributed by atoms with Crippen molar-refractivity contribution in [1.29, 1.82) is 0 Å². The summed E-state index contributed by atoms with van der Waals surface area (Å²) in [5, 5.41) is 35.6. The number of Topliss-reactive ketones (excluding diaryl/α,β-unsaturated/α-hetero) is 1. The van der Waals surface area contributed by atoms with Crippen molar-refractivity contribution in [2.45, 2.75) is 25.0 Å². The van der Waals surface area contributed by atoms with Crippen LogP contribution in [0.2, 0.25) is 0 Å². The molecule has 7 nitrogen and oxygen atoms in total. The second-order valence-electron chi connectivity index (χ2n) is 2.86. The first-order valence-electron chi connectivity index (χ1n) is 4.06. The van der Waals surface area contributed by atoms with Crippen molar-refractivity contribution in [2.24, 2.45) is 0 Å². The van der Waals surface area contributed by atoms with Crippen LogP contribution in [0.3, 0.4) is 0 Å². The van der Waals surface area contributed by atoms with Crippen LogP contribution in [0.1, 0.15) is 13.3 Å². The summed E-state index contributed by atoms with van der Waals surface area (Å²) < 4.78 is 0. The third-order valence-corrected chi connectivity index (χ3v) is 1.98. The zero-order valence-electron chi connectivity index (χ0n) is 7.80. The molecule has 0 aromatic carbocycles. The largest absolute Gasteiger partial charge is 0.393 e. The van der Waals surface area contributed by atoms with E-state index in [4.69, 9.17) is 10.3 Å². The monoisotopic (exact) mass is 209 g/mol. The molecule has 0 amide bonds. The summed E-state index contributed by atoms with van der Waals surface area (Å²) in [7, 11) is 0. The van der Waals surface area contributed by atoms with E-state index < -0.39 is 30.7 Å². The highest BCUT2D eigenvalue weighted by Gasteiger charge is 2.37. The summed E-state index contributed by atoms with van der Waals surface area (Å²) >= 11 is 0. The summed E-state index contributed by atoms with van der Waals surface area (Å²) in [6.07, 6.45) is -1.73. The maximum atomic E-state index is 11.1. The molecule has 0 aliphatic rings. The second-order valence-corrected chi connectivity index (χ2v) is 2.86. The van der Waals surface area contributed by atoms with Gasteiger partial charge in [-0.3, -0.25) is 14.8 Å². The van der Waals surface area contributed by atoms with E-state index >= 15 is 0 Å². The van der Waals surface area contributed by atoms with Crippen LogP contribution in [0, 0.1) is 0 Å². The highest BCUT2D eigenvalue weighted by atomic mass is 16.8. The Bertz CT molecular complexity index is 181. The zero-order chi connectivity index (χ0) is 11.2. The molecule has 5 N–H and O–H groups in total. The van der Waals surface area contributed by atoms with E-state index in [1.165, 1.54) is 12.6 Å². The first kappa shape index (κ1) is 13.4. The number of aliphatic hydroxyl groups excluding tert-OH is 2. The molecule has 0 bridgehead atoms. The summed E-state index contributed by atoms with van der Waals surface area (Å²) in [5.41, 5.74) is -0.600. The van der Waals surface area contributed by atoms with Crippen LogP contribution in [0.25, 0.3) is 0 Å². The Morgan fingerprint density at radius 2 is 2.21 bits per heavy atom. The SMILES string of the molecule is CCC(O)(CO)C(O)C(=O)CONO. The quantitative estimate of drug-likeness (QED) is 0.306. The van der Waals surface area contributed by atoms with Gasteiger partial charge >= 0.3 is 0 Å². The van der Waals surface area contributed by atoms with E-state index in [-0.39, 0.29) is 6.42 Å². The number of hydrogen-bond acceptors (Lipinski definition) is 7. The molecule has 0 aromatic heterocycles. The molecule has 0 fully saturated rings. The van der Waals surface area contributed by atoms with Crippen LogP contribution in [0.4, 0.5) is 0 Å². The van der Waals surface area contributed by atoms with E-state index in [1.807, 2.05) is 0 Å². The van der Waals surface area contributed by atoms with Gasteiger partial charge in [0.2, 0.25) is 0 Å². The maximum Gasteiger partial charge on any atom is 0.192 e. The zero-order valence-corrected chi connectivity index (χ0v) is 7.80. The Labute approximate surface area is 80.8 Å². The number of carbonyl (C=O) groups is 1. The van der Waals surface area contributed by atoms with Crippen LogP contribution in [0.5, 0.6) is 0 Å². The van der Waals surface area contributed by atoms with Crippen LogP contribution in [-0.4, -0.2) is 51.2 Å². The van der Waals surface area contributed by atoms with Crippen LogP contribution >= 0.6 is 0 Å². The maximum absolute atomic E-state index is 11.1. The Kier molecular flexibility index (Phi) is 5.77. The minimum Gasteiger partial charge on any atom is -0.393 e. The minimum absolute atomic E-state index is 0.0168. The van der Waals surface area contributed by atoms with Crippen LogP contribution in [0.15, 0.2) is 0 Å². The molecule has 0 aromatic rings. The van der Waals surface area contributed by atoms with Crippen LogP contribution < -0.4 is 5.64 Å². The smallest absolute Gasteiger partial charge is 0.192 e. The van der Waals surface area contributed by atoms with E-state index in [0.29, 0.717) is 0 Å². The van der Waals surface area contributed by atoms with Crippen molar-refractivity contribution in [3.05, 3.63) is 0 Å². The average molecular weight is 209 g/mol. The molecule has 14 heavy (non-hydrogen) atoms. The molecule has 0 aliphatic heterocycles. The first-order valence-corrected chi connectivity index (χ1v) is 4.06. The molecule has 0 saturated heterocycles. The van der Waals surface area contributed by atoms with Gasteiger partial charge in [0, 0.05) is 0 Å². The standard InChI is InChI=1S/C7H15NO6/c1-2-7(12,4-9)6(11)5(10)3-14-8-13/h6,8-9,11-13H,2-4H2,1H3. The Hall–Kier alpha value is -0.570. The molecule has 0 spiro atoms. The number of rotatable bonds is 7. The Morgan fingerprint density at radius 1 is 1.64 bits per heavy atom. The van der Waals surface area contributed by atoms with Crippen molar-refractivity contribution in [1.82, 2.24) is 5.64 Å². The lowest BCUT2D eigenvalue weighted by molar-refractivity contribution is -0.170. The predicted molar refractivity (Wildman–Crippen MR) is 44.2 cm³/mol. The van der Waals surface area contributed by atoms with Gasteiger partial charge in [0.15, 0.2) is 5.78 Å². The molecule has 0 saturated carbocycles. The molecule has 0 heterocycles. The summed E-state index contributed by atoms with van der Waals surface area (Å²) in [4.78, 5) is 15.2. The fourth-order valence-electron chi connectivity index (χ4n) is 0.874. The Balaban J connectivity index is 4.27. The lowest BCUT2D eigenvalue weighted by atomic mass is 9.92. The molecule has 84 valence electrons. The topological polar surface area (TPSA) is 119 Å². The number of ketones is 1. The number of nitrogens with one attached hydrogen (secondary N) is 1. The van der Waals surface area contributed by atoms with Gasteiger partial charge in [-0.15, -0.1) is 0 Å². The number of hydrogen-bond donors (Lipinski definition) is 5. The van der Waals surface area contributed by atoms with E-state index in [1.54, 1.807) is 0 Å². The van der Waals surface area contributed by atoms with Gasteiger partial charge < -0.3 is 15.3 Å². The third kappa shape index (κ3) is 3.29. The fourth-order valence-corrected chi connectivity index (χ4v) is 0.874. The third-order valence-electron chi connectivity index (χ3n) is 1.98. The van der Waals surface area contributed by atoms with Gasteiger partial charge in [-0.05, 0) is 6.42 Å². The van der Waals surface area contributed by atoms with E-state index in [2.05, 4.69) is 4.84 Å². The van der Waals surface area contributed by atoms with Gasteiger partial charge in [0.1, 0.15) is 18.3 Å². The molecule has 2 atom stereocenters. The lowest BCUT2D eigenvalue weighted by Gasteiger charge is -2.28. The molecule has 7 heteroatoms. The molecule has 2 unspecified atom stereocenters. The van der Waals surface area contributed by atoms with Gasteiger partial charge in [0.25, 0.3) is 0 Å². The molecule has 0 aliphatic carbocycles. The highest BCUT2D eigenvalue weighted by Crippen LogP contribution is 2.15. The lowest BCUT2D eigenvalue weighted by Crippen LogP contribution is -2.50. The Morgan fingerprint density at radius 3 is 2.57 bits per heavy atom. The van der Waals surface area contributed by atoms with Crippen molar-refractivity contribution in [2.75, 3.05) is 13.2 Å². The first-order chi connectivity index (χ1) is 6.51. The number of aliphatic hydroxyl groups is 3. The summed E-state index contributed by atoms with van der Waals surface area (Å²) in [6.45, 7) is 0.167. The van der Waals surface area contributed by atoms with Gasteiger partial charge in [-0.25, -0.2) is 0 Å². The fraction of sp³-hybridized carbons (Fsp3) is 0.857. The van der Waals surface area contributed by atoms with Gasteiger partial charge in [-0.2, -0.15) is 0 Å². The normalized spacial score (nSPS) is 17.5.